The Kier molecular flexibility index (Phi) is 5.74. The van der Waals surface area contributed by atoms with Crippen molar-refractivity contribution in [1.82, 2.24) is 5.32 Å². The summed E-state index contributed by atoms with van der Waals surface area (Å²) < 4.78 is 6.00. The molecular weight excluding hydrogens is 444 g/mol. The van der Waals surface area contributed by atoms with E-state index in [2.05, 4.69) is 5.32 Å². The summed E-state index contributed by atoms with van der Waals surface area (Å²) in [6, 6.07) is 15.1. The van der Waals surface area contributed by atoms with Crippen LogP contribution in [0, 0.1) is 5.41 Å². The second-order valence-corrected chi connectivity index (χ2v) is 9.09. The topological polar surface area (TPSA) is 155 Å². The number of benzene rings is 3. The Labute approximate surface area is 201 Å². The molecule has 8 heteroatoms. The van der Waals surface area contributed by atoms with Gasteiger partial charge in [-0.05, 0) is 67.6 Å². The van der Waals surface area contributed by atoms with Crippen LogP contribution in [-0.2, 0) is 0 Å². The zero-order valence-corrected chi connectivity index (χ0v) is 19.0. The summed E-state index contributed by atoms with van der Waals surface area (Å²) in [6.07, 6.45) is 3.33. The number of nitrogen functional groups attached to an aromatic ring is 1. The molecule has 1 amide bonds. The first-order chi connectivity index (χ1) is 16.8. The van der Waals surface area contributed by atoms with Crippen molar-refractivity contribution in [2.45, 2.75) is 37.8 Å². The molecule has 2 aromatic carbocycles. The lowest BCUT2D eigenvalue weighted by molar-refractivity contribution is 0.0697. The standard InChI is InChI=1S/C27H26N4O4/c28-15-2-6-18(7-3-15)31-26(32)14-1-8-19(22(11-14)27(33)34)25-20-9-4-16(29)12-23(20)35-24-13-17(30)5-10-21(24)25/h1,4-5,8-13,15,18,29H,2-3,6-7,28,30H2,(H,31,32)(H,33,34). The number of carboxylic acids is 1. The molecule has 35 heavy (non-hydrogen) atoms. The molecule has 178 valence electrons. The molecule has 1 fully saturated rings. The van der Waals surface area contributed by atoms with Crippen LogP contribution in [0.4, 0.5) is 5.69 Å². The molecule has 3 aliphatic rings. The molecule has 2 aliphatic carbocycles. The number of rotatable bonds is 4. The van der Waals surface area contributed by atoms with Gasteiger partial charge in [-0.2, -0.15) is 0 Å². The van der Waals surface area contributed by atoms with Gasteiger partial charge in [0.15, 0.2) is 0 Å². The van der Waals surface area contributed by atoms with Crippen LogP contribution in [0.15, 0.2) is 59.0 Å². The monoisotopic (exact) mass is 470 g/mol. The minimum absolute atomic E-state index is 0.00360. The van der Waals surface area contributed by atoms with Gasteiger partial charge in [0, 0.05) is 52.0 Å². The maximum Gasteiger partial charge on any atom is 0.336 e. The van der Waals surface area contributed by atoms with Crippen molar-refractivity contribution in [3.63, 3.8) is 0 Å². The Hall–Kier alpha value is -4.17. The summed E-state index contributed by atoms with van der Waals surface area (Å²) in [7, 11) is 0. The van der Waals surface area contributed by atoms with Crippen molar-refractivity contribution in [3.05, 3.63) is 71.1 Å². The van der Waals surface area contributed by atoms with Crippen molar-refractivity contribution < 1.29 is 19.1 Å². The average molecular weight is 471 g/mol. The highest BCUT2D eigenvalue weighted by Gasteiger charge is 2.24. The third-order valence-corrected chi connectivity index (χ3v) is 6.63. The molecule has 1 aliphatic heterocycles. The molecule has 1 heterocycles. The maximum atomic E-state index is 12.9. The molecule has 7 N–H and O–H groups in total. The van der Waals surface area contributed by atoms with E-state index in [-0.39, 0.29) is 34.5 Å². The van der Waals surface area contributed by atoms with Crippen molar-refractivity contribution >= 4 is 28.5 Å². The quantitative estimate of drug-likeness (QED) is 0.224. The molecule has 8 nitrogen and oxygen atoms in total. The van der Waals surface area contributed by atoms with Crippen molar-refractivity contribution in [2.24, 2.45) is 5.73 Å². The smallest absolute Gasteiger partial charge is 0.336 e. The first-order valence-electron chi connectivity index (χ1n) is 11.5. The van der Waals surface area contributed by atoms with Gasteiger partial charge in [0.1, 0.15) is 11.3 Å². The number of carboxylic acid groups (broad SMARTS) is 1. The van der Waals surface area contributed by atoms with E-state index in [0.29, 0.717) is 39.1 Å². The maximum absolute atomic E-state index is 12.9. The van der Waals surface area contributed by atoms with Gasteiger partial charge in [-0.3, -0.25) is 4.79 Å². The zero-order chi connectivity index (χ0) is 24.7. The second-order valence-electron chi connectivity index (χ2n) is 9.09. The van der Waals surface area contributed by atoms with E-state index in [9.17, 15) is 14.7 Å². The molecule has 1 saturated carbocycles. The van der Waals surface area contributed by atoms with Crippen LogP contribution in [0.1, 0.15) is 46.4 Å². The van der Waals surface area contributed by atoms with E-state index in [1.165, 1.54) is 6.07 Å². The van der Waals surface area contributed by atoms with Gasteiger partial charge in [0.25, 0.3) is 5.91 Å². The Morgan fingerprint density at radius 1 is 0.971 bits per heavy atom. The van der Waals surface area contributed by atoms with Crippen LogP contribution >= 0.6 is 0 Å². The Morgan fingerprint density at radius 2 is 1.71 bits per heavy atom. The van der Waals surface area contributed by atoms with E-state index >= 15 is 0 Å². The van der Waals surface area contributed by atoms with E-state index in [1.54, 1.807) is 48.5 Å². The number of fused-ring (bicyclic) bond motifs is 2. The summed E-state index contributed by atoms with van der Waals surface area (Å²) in [4.78, 5) is 25.3. The number of nitrogens with two attached hydrogens (primary N) is 2. The van der Waals surface area contributed by atoms with Crippen LogP contribution in [0.25, 0.3) is 33.4 Å². The van der Waals surface area contributed by atoms with Gasteiger partial charge in [0.05, 0.1) is 10.9 Å². The molecule has 0 radical (unpaired) electrons. The first kappa shape index (κ1) is 22.6. The molecular formula is C27H26N4O4. The highest BCUT2D eigenvalue weighted by Crippen LogP contribution is 2.41. The summed E-state index contributed by atoms with van der Waals surface area (Å²) in [5, 5.41) is 22.0. The highest BCUT2D eigenvalue weighted by atomic mass is 16.4. The highest BCUT2D eigenvalue weighted by molar-refractivity contribution is 6.09. The third-order valence-electron chi connectivity index (χ3n) is 6.63. The van der Waals surface area contributed by atoms with Gasteiger partial charge in [0.2, 0.25) is 0 Å². The minimum atomic E-state index is -1.15. The van der Waals surface area contributed by atoms with E-state index in [4.69, 9.17) is 21.3 Å². The molecule has 0 aromatic heterocycles. The fourth-order valence-electron chi connectivity index (χ4n) is 4.81. The van der Waals surface area contributed by atoms with E-state index in [1.807, 2.05) is 0 Å². The molecule has 0 unspecified atom stereocenters. The number of carbonyl (C=O) groups excluding carboxylic acids is 1. The molecule has 0 bridgehead atoms. The van der Waals surface area contributed by atoms with Crippen LogP contribution in [0.5, 0.6) is 0 Å². The minimum Gasteiger partial charge on any atom is -0.478 e. The number of carbonyl (C=O) groups is 2. The fraction of sp³-hybridized carbons (Fsp3) is 0.222. The van der Waals surface area contributed by atoms with Gasteiger partial charge in [-0.25, -0.2) is 4.79 Å². The Morgan fingerprint density at radius 3 is 2.46 bits per heavy atom. The summed E-state index contributed by atoms with van der Waals surface area (Å²) in [6.45, 7) is 0. The lowest BCUT2D eigenvalue weighted by Gasteiger charge is -2.27. The number of amides is 1. The van der Waals surface area contributed by atoms with Crippen LogP contribution in [-0.4, -0.2) is 29.1 Å². The van der Waals surface area contributed by atoms with Crippen LogP contribution < -0.4 is 22.1 Å². The number of hydrogen-bond donors (Lipinski definition) is 5. The van der Waals surface area contributed by atoms with Gasteiger partial charge >= 0.3 is 5.97 Å². The molecule has 0 atom stereocenters. The van der Waals surface area contributed by atoms with Crippen molar-refractivity contribution in [2.75, 3.05) is 5.73 Å². The Balaban J connectivity index is 1.63. The van der Waals surface area contributed by atoms with Crippen LogP contribution in [0.2, 0.25) is 0 Å². The SMILES string of the molecule is N=c1ccc2c(-c3ccc(C(=O)NC4CCC(N)CC4)cc3C(=O)O)c3ccc(N)cc3oc-2c1. The molecule has 0 saturated heterocycles. The van der Waals surface area contributed by atoms with Crippen molar-refractivity contribution in [3.8, 4) is 22.5 Å². The second kappa shape index (κ2) is 8.88. The van der Waals surface area contributed by atoms with Crippen LogP contribution in [0.3, 0.4) is 0 Å². The lowest BCUT2D eigenvalue weighted by atomic mass is 9.89. The molecule has 0 spiro atoms. The third kappa shape index (κ3) is 4.36. The van der Waals surface area contributed by atoms with Gasteiger partial charge in [-0.15, -0.1) is 0 Å². The largest absolute Gasteiger partial charge is 0.478 e. The molecule has 5 rings (SSSR count). The lowest BCUT2D eigenvalue weighted by Crippen LogP contribution is -2.40. The van der Waals surface area contributed by atoms with E-state index in [0.717, 1.165) is 25.7 Å². The summed E-state index contributed by atoms with van der Waals surface area (Å²) in [5.74, 6) is -1.00. The summed E-state index contributed by atoms with van der Waals surface area (Å²) in [5.41, 5.74) is 14.9. The normalized spacial score (nSPS) is 18.0. The van der Waals surface area contributed by atoms with E-state index < -0.39 is 5.97 Å². The first-order valence-corrected chi connectivity index (χ1v) is 11.5. The summed E-state index contributed by atoms with van der Waals surface area (Å²) >= 11 is 0. The van der Waals surface area contributed by atoms with Crippen molar-refractivity contribution in [1.29, 1.82) is 5.41 Å². The molecule has 2 aromatic rings. The average Bonchev–Trinajstić information content (AvgIpc) is 2.83. The number of nitrogens with one attached hydrogen (secondary N) is 2. The van der Waals surface area contributed by atoms with Gasteiger partial charge in [-0.1, -0.05) is 6.07 Å². The number of anilines is 1. The number of hydrogen-bond acceptors (Lipinski definition) is 6. The zero-order valence-electron chi connectivity index (χ0n) is 19.0. The predicted octanol–water partition coefficient (Wildman–Crippen LogP) is 3.96. The predicted molar refractivity (Wildman–Crippen MR) is 133 cm³/mol. The number of aromatic carboxylic acids is 1. The van der Waals surface area contributed by atoms with Gasteiger partial charge < -0.3 is 31.7 Å². The fourth-order valence-corrected chi connectivity index (χ4v) is 4.81. The Bertz CT molecular complexity index is 1480.